The summed E-state index contributed by atoms with van der Waals surface area (Å²) in [5.74, 6) is 0. The second-order valence-electron chi connectivity index (χ2n) is 12.5. The number of benzene rings is 7. The van der Waals surface area contributed by atoms with Gasteiger partial charge in [0.2, 0.25) is 0 Å². The van der Waals surface area contributed by atoms with Crippen molar-refractivity contribution in [1.82, 2.24) is 0 Å². The minimum Gasteiger partial charge on any atom is -0.456 e. The third-order valence-corrected chi connectivity index (χ3v) is 9.55. The van der Waals surface area contributed by atoms with Gasteiger partial charge in [-0.05, 0) is 87.6 Å². The predicted octanol–water partition coefficient (Wildman–Crippen LogP) is 13.7. The van der Waals surface area contributed by atoms with Crippen LogP contribution < -0.4 is 4.90 Å². The number of allylic oxidation sites excluding steroid dienone is 6. The molecule has 1 aromatic heterocycles. The summed E-state index contributed by atoms with van der Waals surface area (Å²) >= 11 is 0. The largest absolute Gasteiger partial charge is 0.456 e. The molecule has 0 bridgehead atoms. The highest BCUT2D eigenvalue weighted by Crippen LogP contribution is 2.44. The Balaban J connectivity index is 1.36. The number of hydrogen-bond donors (Lipinski definition) is 0. The molecule has 2 heteroatoms. The van der Waals surface area contributed by atoms with E-state index in [0.717, 1.165) is 78.0 Å². The van der Waals surface area contributed by atoms with Crippen LogP contribution in [0.25, 0.3) is 66.3 Å². The van der Waals surface area contributed by atoms with E-state index in [9.17, 15) is 5.48 Å². The van der Waals surface area contributed by atoms with Crippen molar-refractivity contribution < 1.29 is 9.90 Å². The van der Waals surface area contributed by atoms with E-state index in [1.807, 2.05) is 89.8 Å². The normalized spacial score (nSPS) is 14.4. The number of nitrogens with zero attached hydrogens (tertiary/aromatic N) is 1. The first-order chi connectivity index (χ1) is 26.4. The molecule has 0 saturated heterocycles. The third kappa shape index (κ3) is 5.14. The molecule has 8 aromatic rings. The first kappa shape index (κ1) is 25.6. The second kappa shape index (κ2) is 12.6. The summed E-state index contributed by atoms with van der Waals surface area (Å²) in [5.41, 5.74) is 7.06. The highest BCUT2D eigenvalue weighted by Gasteiger charge is 2.24. The van der Waals surface area contributed by atoms with Crippen LogP contribution in [0.15, 0.2) is 186 Å². The van der Waals surface area contributed by atoms with Crippen LogP contribution in [0.4, 0.5) is 11.4 Å². The number of anilines is 2. The van der Waals surface area contributed by atoms with Crippen molar-refractivity contribution in [2.45, 2.75) is 12.8 Å². The molecule has 0 radical (unpaired) electrons. The summed E-state index contributed by atoms with van der Waals surface area (Å²) in [6.45, 7) is 3.79. The average Bonchev–Trinajstić information content (AvgIpc) is 3.58. The van der Waals surface area contributed by atoms with Crippen LogP contribution in [0.2, 0.25) is 0 Å². The fourth-order valence-corrected chi connectivity index (χ4v) is 7.26. The van der Waals surface area contributed by atoms with Crippen molar-refractivity contribution in [3.05, 3.63) is 193 Å². The average molecular weight is 646 g/mol. The smallest absolute Gasteiger partial charge is 0.136 e. The number of fused-ring (bicyclic) bond motifs is 5. The molecule has 1 heterocycles. The van der Waals surface area contributed by atoms with E-state index in [1.54, 1.807) is 6.08 Å². The molecule has 50 heavy (non-hydrogen) atoms. The Kier molecular flexibility index (Phi) is 6.44. The molecule has 9 rings (SSSR count). The minimum atomic E-state index is -0.110. The predicted molar refractivity (Wildman–Crippen MR) is 214 cm³/mol. The van der Waals surface area contributed by atoms with Crippen LogP contribution in [-0.2, 0) is 0 Å². The summed E-state index contributed by atoms with van der Waals surface area (Å²) in [7, 11) is 0. The minimum absolute atomic E-state index is 0.0981. The molecule has 0 saturated carbocycles. The molecule has 2 nitrogen and oxygen atoms in total. The topological polar surface area (TPSA) is 16.4 Å². The molecular formula is C48H35NO. The van der Waals surface area contributed by atoms with Gasteiger partial charge in [0.05, 0.1) is 11.2 Å². The first-order valence-electron chi connectivity index (χ1n) is 19.0. The van der Waals surface area contributed by atoms with Gasteiger partial charge in [-0.15, -0.1) is 0 Å². The maximum absolute atomic E-state index is 9.68. The van der Waals surface area contributed by atoms with Gasteiger partial charge in [0.25, 0.3) is 0 Å². The Bertz CT molecular complexity index is 2880. The number of furan rings is 1. The molecule has 0 fully saturated rings. The summed E-state index contributed by atoms with van der Waals surface area (Å²) in [6.07, 6.45) is 11.0. The summed E-state index contributed by atoms with van der Waals surface area (Å²) in [4.78, 5) is 1.99. The zero-order chi connectivity index (χ0) is 36.9. The molecule has 0 spiro atoms. The van der Waals surface area contributed by atoms with Gasteiger partial charge in [-0.3, -0.25) is 0 Å². The van der Waals surface area contributed by atoms with Gasteiger partial charge in [0.1, 0.15) is 11.2 Å². The molecule has 0 amide bonds. The molecule has 0 aliphatic heterocycles. The van der Waals surface area contributed by atoms with E-state index in [-0.39, 0.29) is 35.4 Å². The molecule has 238 valence electrons. The first-order valence-corrected chi connectivity index (χ1v) is 17.0. The van der Waals surface area contributed by atoms with Crippen LogP contribution in [0.3, 0.4) is 0 Å². The van der Waals surface area contributed by atoms with Gasteiger partial charge < -0.3 is 9.32 Å². The van der Waals surface area contributed by atoms with Crippen LogP contribution in [0.5, 0.6) is 0 Å². The lowest BCUT2D eigenvalue weighted by atomic mass is 9.91. The molecule has 1 aliphatic carbocycles. The maximum atomic E-state index is 9.68. The number of hydrogen-bond acceptors (Lipinski definition) is 2. The monoisotopic (exact) mass is 645 g/mol. The summed E-state index contributed by atoms with van der Waals surface area (Å²) in [6, 6.07) is 40.0. The second-order valence-corrected chi connectivity index (χ2v) is 12.5. The van der Waals surface area contributed by atoms with E-state index >= 15 is 0 Å². The Labute approximate surface area is 297 Å². The van der Waals surface area contributed by atoms with Crippen molar-refractivity contribution in [3.8, 4) is 11.1 Å². The number of rotatable bonds is 7. The van der Waals surface area contributed by atoms with E-state index in [4.69, 9.17) is 4.42 Å². The zero-order valence-corrected chi connectivity index (χ0v) is 27.4. The summed E-state index contributed by atoms with van der Waals surface area (Å²) in [5, 5.41) is 6.20. The van der Waals surface area contributed by atoms with E-state index in [0.29, 0.717) is 12.0 Å². The van der Waals surface area contributed by atoms with Crippen molar-refractivity contribution in [2.75, 3.05) is 4.90 Å². The molecule has 0 unspecified atom stereocenters. The summed E-state index contributed by atoms with van der Waals surface area (Å²) < 4.78 is 44.8. The fraction of sp³-hybridized carbons (Fsp3) is 0.0417. The van der Waals surface area contributed by atoms with Crippen LogP contribution in [-0.4, -0.2) is 0 Å². The van der Waals surface area contributed by atoms with Gasteiger partial charge in [-0.1, -0.05) is 146 Å². The lowest BCUT2D eigenvalue weighted by Gasteiger charge is -2.32. The Hall–Kier alpha value is -6.38. The van der Waals surface area contributed by atoms with E-state index < -0.39 is 0 Å². The van der Waals surface area contributed by atoms with Gasteiger partial charge in [-0.2, -0.15) is 0 Å². The highest BCUT2D eigenvalue weighted by molar-refractivity contribution is 6.15. The quantitative estimate of drug-likeness (QED) is 0.160. The van der Waals surface area contributed by atoms with Crippen LogP contribution in [0.1, 0.15) is 29.5 Å². The van der Waals surface area contributed by atoms with Crippen molar-refractivity contribution >= 4 is 66.5 Å². The fourth-order valence-electron chi connectivity index (χ4n) is 7.26. The lowest BCUT2D eigenvalue weighted by molar-refractivity contribution is 0.669. The zero-order valence-electron chi connectivity index (χ0n) is 31.4. The van der Waals surface area contributed by atoms with E-state index in [2.05, 4.69) is 67.3 Å². The van der Waals surface area contributed by atoms with Crippen molar-refractivity contribution in [1.29, 1.82) is 0 Å². The van der Waals surface area contributed by atoms with Gasteiger partial charge in [0, 0.05) is 33.1 Å². The Morgan fingerprint density at radius 1 is 0.680 bits per heavy atom. The SMILES string of the molecule is [2H]c1c([2H])c(N(C2=C(c3cccc4oc5cc6ccccc6cc5c34)C=CCC2)c2cccc3ccccc23)c([2H])c([2H])c1-c1ccccc1/C=C\C=C. The maximum Gasteiger partial charge on any atom is 0.136 e. The standard InChI is InChI=1S/C48H35NO/c1-2-3-14-33-15-6-8-20-39(33)35-27-29-38(30-28-35)49(44-25-12-19-34-16-7-9-21-40(34)44)45-24-11-10-22-41(45)42-23-13-26-46-48(42)43-31-36-17-4-5-18-37(36)32-47(43)50-46/h2-10,12-23,25-32H,1,11,24H2/b14-3-/i27D,28D,29D,30D. The highest BCUT2D eigenvalue weighted by atomic mass is 16.3. The van der Waals surface area contributed by atoms with Crippen LogP contribution >= 0.6 is 0 Å². The van der Waals surface area contributed by atoms with Gasteiger partial charge in [-0.25, -0.2) is 0 Å². The van der Waals surface area contributed by atoms with Gasteiger partial charge in [0.15, 0.2) is 0 Å². The molecule has 1 aliphatic rings. The Morgan fingerprint density at radius 3 is 2.26 bits per heavy atom. The third-order valence-electron chi connectivity index (χ3n) is 9.55. The van der Waals surface area contributed by atoms with Crippen molar-refractivity contribution in [3.63, 3.8) is 0 Å². The molecule has 0 N–H and O–H groups in total. The van der Waals surface area contributed by atoms with Crippen LogP contribution in [0, 0.1) is 0 Å². The van der Waals surface area contributed by atoms with Crippen molar-refractivity contribution in [2.24, 2.45) is 0 Å². The molecule has 0 atom stereocenters. The molecular weight excluding hydrogens is 607 g/mol. The molecule has 7 aromatic carbocycles. The lowest BCUT2D eigenvalue weighted by Crippen LogP contribution is -2.19. The van der Waals surface area contributed by atoms with Gasteiger partial charge >= 0.3 is 0 Å². The van der Waals surface area contributed by atoms with E-state index in [1.165, 1.54) is 0 Å². The Morgan fingerprint density at radius 2 is 1.40 bits per heavy atom.